The van der Waals surface area contributed by atoms with Gasteiger partial charge in [-0.25, -0.2) is 0 Å². The summed E-state index contributed by atoms with van der Waals surface area (Å²) in [5, 5.41) is 10.6. The lowest BCUT2D eigenvalue weighted by Crippen LogP contribution is -2.53. The quantitative estimate of drug-likeness (QED) is 0.889. The van der Waals surface area contributed by atoms with Gasteiger partial charge in [0.15, 0.2) is 0 Å². The van der Waals surface area contributed by atoms with Crippen molar-refractivity contribution >= 4 is 11.0 Å². The van der Waals surface area contributed by atoms with Gasteiger partial charge in [0.05, 0.1) is 6.54 Å². The van der Waals surface area contributed by atoms with E-state index >= 15 is 0 Å². The first-order chi connectivity index (χ1) is 11.2. The number of piperazine rings is 1. The SMILES string of the molecule is CC(C)CN1CCN(Cc2cc3ccccc3o2)C[C@H]1CCO. The summed E-state index contributed by atoms with van der Waals surface area (Å²) in [6.45, 7) is 9.89. The second-order valence-electron chi connectivity index (χ2n) is 7.04. The molecule has 2 aromatic rings. The zero-order valence-electron chi connectivity index (χ0n) is 14.2. The van der Waals surface area contributed by atoms with Crippen LogP contribution in [0, 0.1) is 5.92 Å². The minimum absolute atomic E-state index is 0.262. The fourth-order valence-electron chi connectivity index (χ4n) is 3.57. The van der Waals surface area contributed by atoms with Crippen LogP contribution in [0.25, 0.3) is 11.0 Å². The monoisotopic (exact) mass is 316 g/mol. The van der Waals surface area contributed by atoms with E-state index in [1.54, 1.807) is 0 Å². The maximum absolute atomic E-state index is 9.38. The standard InChI is InChI=1S/C19H28N2O2/c1-15(2)12-21-9-8-20(13-17(21)7-10-22)14-18-11-16-5-3-4-6-19(16)23-18/h3-6,11,15,17,22H,7-10,12-14H2,1-2H3/t17-/m1/s1. The second kappa shape index (κ2) is 7.47. The highest BCUT2D eigenvalue weighted by Crippen LogP contribution is 2.22. The predicted molar refractivity (Wildman–Crippen MR) is 93.4 cm³/mol. The van der Waals surface area contributed by atoms with E-state index in [-0.39, 0.29) is 6.61 Å². The van der Waals surface area contributed by atoms with Crippen molar-refractivity contribution in [1.82, 2.24) is 9.80 Å². The highest BCUT2D eigenvalue weighted by molar-refractivity contribution is 5.77. The first kappa shape index (κ1) is 16.5. The van der Waals surface area contributed by atoms with Crippen molar-refractivity contribution in [3.8, 4) is 0 Å². The van der Waals surface area contributed by atoms with Crippen LogP contribution < -0.4 is 0 Å². The molecule has 4 heteroatoms. The summed E-state index contributed by atoms with van der Waals surface area (Å²) in [6.07, 6.45) is 0.851. The molecule has 0 radical (unpaired) electrons. The Labute approximate surface area is 138 Å². The largest absolute Gasteiger partial charge is 0.460 e. The first-order valence-corrected chi connectivity index (χ1v) is 8.70. The second-order valence-corrected chi connectivity index (χ2v) is 7.04. The molecule has 1 atom stereocenters. The average molecular weight is 316 g/mol. The number of hydrogen-bond acceptors (Lipinski definition) is 4. The molecule has 126 valence electrons. The van der Waals surface area contributed by atoms with Crippen LogP contribution in [0.15, 0.2) is 34.7 Å². The summed E-state index contributed by atoms with van der Waals surface area (Å²) in [5.41, 5.74) is 0.966. The molecule has 2 heterocycles. The fraction of sp³-hybridized carbons (Fsp3) is 0.579. The average Bonchev–Trinajstić information content (AvgIpc) is 2.92. The van der Waals surface area contributed by atoms with E-state index in [1.165, 1.54) is 5.39 Å². The third kappa shape index (κ3) is 4.14. The number of hydrogen-bond donors (Lipinski definition) is 1. The number of aliphatic hydroxyl groups excluding tert-OH is 1. The van der Waals surface area contributed by atoms with Gasteiger partial charge in [-0.05, 0) is 24.5 Å². The number of nitrogens with zero attached hydrogens (tertiary/aromatic N) is 2. The van der Waals surface area contributed by atoms with E-state index in [2.05, 4.69) is 35.8 Å². The number of furan rings is 1. The molecule has 23 heavy (non-hydrogen) atoms. The molecule has 0 unspecified atom stereocenters. The van der Waals surface area contributed by atoms with Crippen LogP contribution in [-0.2, 0) is 6.54 Å². The number of aliphatic hydroxyl groups is 1. The molecule has 1 saturated heterocycles. The highest BCUT2D eigenvalue weighted by atomic mass is 16.3. The summed E-state index contributed by atoms with van der Waals surface area (Å²) in [6, 6.07) is 10.8. The number of para-hydroxylation sites is 1. The predicted octanol–water partition coefficient (Wildman–Crippen LogP) is 2.96. The number of rotatable bonds is 6. The molecule has 1 aliphatic heterocycles. The molecular weight excluding hydrogens is 288 g/mol. The van der Waals surface area contributed by atoms with Gasteiger partial charge in [-0.1, -0.05) is 32.0 Å². The zero-order valence-corrected chi connectivity index (χ0v) is 14.2. The van der Waals surface area contributed by atoms with Gasteiger partial charge in [0.2, 0.25) is 0 Å². The van der Waals surface area contributed by atoms with E-state index < -0.39 is 0 Å². The Hall–Kier alpha value is -1.36. The van der Waals surface area contributed by atoms with E-state index in [1.807, 2.05) is 18.2 Å². The zero-order chi connectivity index (χ0) is 16.2. The van der Waals surface area contributed by atoms with Gasteiger partial charge in [-0.3, -0.25) is 9.80 Å². The molecule has 1 aromatic carbocycles. The molecule has 0 amide bonds. The first-order valence-electron chi connectivity index (χ1n) is 8.70. The Morgan fingerprint density at radius 2 is 2.09 bits per heavy atom. The van der Waals surface area contributed by atoms with Gasteiger partial charge in [-0.2, -0.15) is 0 Å². The van der Waals surface area contributed by atoms with Crippen molar-refractivity contribution in [3.05, 3.63) is 36.1 Å². The van der Waals surface area contributed by atoms with E-state index in [0.29, 0.717) is 12.0 Å². The van der Waals surface area contributed by atoms with Crippen LogP contribution >= 0.6 is 0 Å². The third-order valence-electron chi connectivity index (χ3n) is 4.61. The number of benzene rings is 1. The molecule has 0 spiro atoms. The van der Waals surface area contributed by atoms with Crippen LogP contribution in [0.3, 0.4) is 0 Å². The molecule has 3 rings (SSSR count). The van der Waals surface area contributed by atoms with Crippen LogP contribution in [0.1, 0.15) is 26.0 Å². The van der Waals surface area contributed by atoms with Crippen molar-refractivity contribution < 1.29 is 9.52 Å². The molecular formula is C19H28N2O2. The van der Waals surface area contributed by atoms with Crippen molar-refractivity contribution in [2.24, 2.45) is 5.92 Å². The lowest BCUT2D eigenvalue weighted by Gasteiger charge is -2.42. The Kier molecular flexibility index (Phi) is 5.36. The smallest absolute Gasteiger partial charge is 0.134 e. The topological polar surface area (TPSA) is 39.9 Å². The minimum Gasteiger partial charge on any atom is -0.460 e. The van der Waals surface area contributed by atoms with Gasteiger partial charge >= 0.3 is 0 Å². The van der Waals surface area contributed by atoms with Gasteiger partial charge < -0.3 is 9.52 Å². The fourth-order valence-corrected chi connectivity index (χ4v) is 3.57. The van der Waals surface area contributed by atoms with Crippen LogP contribution in [-0.4, -0.2) is 53.7 Å². The Morgan fingerprint density at radius 3 is 2.83 bits per heavy atom. The van der Waals surface area contributed by atoms with Gasteiger partial charge in [0, 0.05) is 44.2 Å². The summed E-state index contributed by atoms with van der Waals surface area (Å²) in [5.74, 6) is 1.70. The van der Waals surface area contributed by atoms with E-state index in [4.69, 9.17) is 4.42 Å². The molecule has 4 nitrogen and oxygen atoms in total. The lowest BCUT2D eigenvalue weighted by atomic mass is 10.1. The van der Waals surface area contributed by atoms with Gasteiger partial charge in [0.1, 0.15) is 11.3 Å². The summed E-state index contributed by atoms with van der Waals surface area (Å²) in [7, 11) is 0. The van der Waals surface area contributed by atoms with Gasteiger partial charge in [-0.15, -0.1) is 0 Å². The molecule has 1 N–H and O–H groups in total. The molecule has 1 aromatic heterocycles. The summed E-state index contributed by atoms with van der Waals surface area (Å²) >= 11 is 0. The van der Waals surface area contributed by atoms with Crippen molar-refractivity contribution in [2.45, 2.75) is 32.9 Å². The minimum atomic E-state index is 0.262. The maximum Gasteiger partial charge on any atom is 0.134 e. The molecule has 1 aliphatic rings. The number of fused-ring (bicyclic) bond motifs is 1. The Bertz CT molecular complexity index is 590. The van der Waals surface area contributed by atoms with Crippen molar-refractivity contribution in [3.63, 3.8) is 0 Å². The summed E-state index contributed by atoms with van der Waals surface area (Å²) < 4.78 is 5.95. The molecule has 0 aliphatic carbocycles. The summed E-state index contributed by atoms with van der Waals surface area (Å²) in [4.78, 5) is 4.99. The van der Waals surface area contributed by atoms with E-state index in [0.717, 1.165) is 50.5 Å². The van der Waals surface area contributed by atoms with Crippen LogP contribution in [0.5, 0.6) is 0 Å². The maximum atomic E-state index is 9.38. The normalized spacial score (nSPS) is 20.6. The van der Waals surface area contributed by atoms with E-state index in [9.17, 15) is 5.11 Å². The molecule has 1 fully saturated rings. The van der Waals surface area contributed by atoms with Crippen LogP contribution in [0.4, 0.5) is 0 Å². The third-order valence-corrected chi connectivity index (χ3v) is 4.61. The van der Waals surface area contributed by atoms with Crippen molar-refractivity contribution in [1.29, 1.82) is 0 Å². The molecule has 0 bridgehead atoms. The lowest BCUT2D eigenvalue weighted by molar-refractivity contribution is 0.0449. The van der Waals surface area contributed by atoms with Crippen molar-refractivity contribution in [2.75, 3.05) is 32.8 Å². The highest BCUT2D eigenvalue weighted by Gasteiger charge is 2.27. The van der Waals surface area contributed by atoms with Crippen LogP contribution in [0.2, 0.25) is 0 Å². The Morgan fingerprint density at radius 1 is 1.26 bits per heavy atom. The van der Waals surface area contributed by atoms with Gasteiger partial charge in [0.25, 0.3) is 0 Å². The molecule has 0 saturated carbocycles. The Balaban J connectivity index is 1.64.